The van der Waals surface area contributed by atoms with Crippen LogP contribution in [0.25, 0.3) is 10.9 Å². The highest BCUT2D eigenvalue weighted by Gasteiger charge is 2.25. The highest BCUT2D eigenvalue weighted by Crippen LogP contribution is 2.21. The van der Waals surface area contributed by atoms with Gasteiger partial charge in [0.2, 0.25) is 0 Å². The first-order valence-electron chi connectivity index (χ1n) is 9.29. The summed E-state index contributed by atoms with van der Waals surface area (Å²) >= 11 is 0. The van der Waals surface area contributed by atoms with Gasteiger partial charge in [-0.05, 0) is 18.2 Å². The second kappa shape index (κ2) is 8.01. The van der Waals surface area contributed by atoms with Crippen molar-refractivity contribution < 1.29 is 13.6 Å². The molecule has 0 spiro atoms. The number of fused-ring (bicyclic) bond motifs is 1. The monoisotopic (exact) mass is 416 g/mol. The molecule has 1 aliphatic rings. The molecule has 0 bridgehead atoms. The Morgan fingerprint density at radius 2 is 1.90 bits per heavy atom. The lowest BCUT2D eigenvalue weighted by Gasteiger charge is -2.35. The third-order valence-corrected chi connectivity index (χ3v) is 4.99. The molecule has 1 N–H and O–H groups in total. The number of carbonyl (C=O) groups is 1. The Hall–Kier alpha value is -3.63. The molecule has 1 fully saturated rings. The fraction of sp³-hybridized carbons (Fsp3) is 0.316. The lowest BCUT2D eigenvalue weighted by Crippen LogP contribution is -2.49. The molecule has 156 valence electrons. The number of rotatable bonds is 4. The fourth-order valence-electron chi connectivity index (χ4n) is 3.44. The summed E-state index contributed by atoms with van der Waals surface area (Å²) in [5, 5.41) is 0.269. The molecule has 4 rings (SSSR count). The normalized spacial score (nSPS) is 14.5. The standard InChI is InChI=1S/C19H18F2N6O3/c20-15(21)10-27-11-24-14-9-12(1-2-13(14)18(27)29)25-5-7-26(8-6-25)19(30)16-17(28)23-4-3-22-16/h1-4,9,11,15H,5-8,10H2,(H,23,28). The molecule has 3 aromatic rings. The quantitative estimate of drug-likeness (QED) is 0.672. The molecule has 0 atom stereocenters. The summed E-state index contributed by atoms with van der Waals surface area (Å²) in [6.07, 6.45) is 1.22. The largest absolute Gasteiger partial charge is 0.368 e. The van der Waals surface area contributed by atoms with E-state index in [4.69, 9.17) is 0 Å². The van der Waals surface area contributed by atoms with Crippen molar-refractivity contribution in [1.82, 2.24) is 24.4 Å². The van der Waals surface area contributed by atoms with Crippen LogP contribution in [0, 0.1) is 0 Å². The molecular weight excluding hydrogens is 398 g/mol. The van der Waals surface area contributed by atoms with Crippen molar-refractivity contribution in [1.29, 1.82) is 0 Å². The zero-order valence-corrected chi connectivity index (χ0v) is 15.8. The van der Waals surface area contributed by atoms with Crippen LogP contribution in [0.4, 0.5) is 14.5 Å². The Balaban J connectivity index is 1.49. The van der Waals surface area contributed by atoms with Crippen LogP contribution in [-0.2, 0) is 6.54 Å². The summed E-state index contributed by atoms with van der Waals surface area (Å²) in [4.78, 5) is 50.6. The fourth-order valence-corrected chi connectivity index (χ4v) is 3.44. The molecule has 1 aromatic carbocycles. The Kier molecular flexibility index (Phi) is 5.25. The second-order valence-corrected chi connectivity index (χ2v) is 6.84. The van der Waals surface area contributed by atoms with E-state index >= 15 is 0 Å². The second-order valence-electron chi connectivity index (χ2n) is 6.84. The van der Waals surface area contributed by atoms with Crippen molar-refractivity contribution in [2.24, 2.45) is 0 Å². The van der Waals surface area contributed by atoms with E-state index < -0.39 is 30.0 Å². The van der Waals surface area contributed by atoms with Gasteiger partial charge in [0.25, 0.3) is 23.5 Å². The van der Waals surface area contributed by atoms with E-state index in [9.17, 15) is 23.2 Å². The third-order valence-electron chi connectivity index (χ3n) is 4.99. The number of halogens is 2. The number of piperazine rings is 1. The molecule has 1 amide bonds. The van der Waals surface area contributed by atoms with Crippen molar-refractivity contribution >= 4 is 22.5 Å². The predicted octanol–water partition coefficient (Wildman–Crippen LogP) is 0.707. The van der Waals surface area contributed by atoms with Crippen LogP contribution >= 0.6 is 0 Å². The average molecular weight is 416 g/mol. The van der Waals surface area contributed by atoms with Crippen LogP contribution in [0.3, 0.4) is 0 Å². The predicted molar refractivity (Wildman–Crippen MR) is 105 cm³/mol. The third kappa shape index (κ3) is 3.78. The van der Waals surface area contributed by atoms with Gasteiger partial charge in [-0.1, -0.05) is 0 Å². The van der Waals surface area contributed by atoms with Gasteiger partial charge in [0.05, 0.1) is 23.8 Å². The summed E-state index contributed by atoms with van der Waals surface area (Å²) in [5.74, 6) is -0.420. The summed E-state index contributed by atoms with van der Waals surface area (Å²) < 4.78 is 26.1. The van der Waals surface area contributed by atoms with Crippen LogP contribution in [-0.4, -0.2) is 62.9 Å². The minimum atomic E-state index is -2.64. The van der Waals surface area contributed by atoms with E-state index in [1.165, 1.54) is 12.4 Å². The van der Waals surface area contributed by atoms with Crippen molar-refractivity contribution in [3.8, 4) is 0 Å². The Morgan fingerprint density at radius 1 is 1.13 bits per heavy atom. The number of alkyl halides is 2. The maximum atomic E-state index is 12.6. The van der Waals surface area contributed by atoms with Crippen LogP contribution < -0.4 is 16.0 Å². The number of aromatic nitrogens is 4. The number of anilines is 1. The van der Waals surface area contributed by atoms with Gasteiger partial charge in [-0.2, -0.15) is 0 Å². The first-order valence-corrected chi connectivity index (χ1v) is 9.29. The molecule has 9 nitrogen and oxygen atoms in total. The molecular formula is C19H18F2N6O3. The molecule has 1 saturated heterocycles. The zero-order valence-electron chi connectivity index (χ0n) is 15.8. The van der Waals surface area contributed by atoms with Crippen LogP contribution in [0.1, 0.15) is 10.5 Å². The Morgan fingerprint density at radius 3 is 2.60 bits per heavy atom. The highest BCUT2D eigenvalue weighted by molar-refractivity contribution is 5.92. The van der Waals surface area contributed by atoms with E-state index in [2.05, 4.69) is 15.0 Å². The summed E-state index contributed by atoms with van der Waals surface area (Å²) in [6.45, 7) is 1.14. The highest BCUT2D eigenvalue weighted by atomic mass is 19.3. The lowest BCUT2D eigenvalue weighted by molar-refractivity contribution is 0.0738. The number of H-pyrrole nitrogens is 1. The summed E-state index contributed by atoms with van der Waals surface area (Å²) in [5.41, 5.74) is 0.0529. The van der Waals surface area contributed by atoms with Gasteiger partial charge in [-0.15, -0.1) is 0 Å². The minimum Gasteiger partial charge on any atom is -0.368 e. The van der Waals surface area contributed by atoms with Gasteiger partial charge in [-0.25, -0.2) is 18.7 Å². The SMILES string of the molecule is O=C(c1ncc[nH]c1=O)N1CCN(c2ccc3c(=O)n(CC(F)F)cnc3c2)CC1. The maximum Gasteiger partial charge on any atom is 0.279 e. The number of hydrogen-bond acceptors (Lipinski definition) is 6. The van der Waals surface area contributed by atoms with Crippen LogP contribution in [0.5, 0.6) is 0 Å². The molecule has 11 heteroatoms. The van der Waals surface area contributed by atoms with Crippen molar-refractivity contribution in [3.63, 3.8) is 0 Å². The Labute approximate surface area is 168 Å². The number of nitrogens with zero attached hydrogens (tertiary/aromatic N) is 5. The molecule has 30 heavy (non-hydrogen) atoms. The number of nitrogens with one attached hydrogen (secondary N) is 1. The molecule has 3 heterocycles. The zero-order chi connectivity index (χ0) is 21.3. The molecule has 0 saturated carbocycles. The van der Waals surface area contributed by atoms with Crippen molar-refractivity contribution in [3.05, 3.63) is 63.3 Å². The van der Waals surface area contributed by atoms with E-state index in [1.807, 2.05) is 4.90 Å². The van der Waals surface area contributed by atoms with E-state index in [0.717, 1.165) is 16.6 Å². The van der Waals surface area contributed by atoms with E-state index in [1.54, 1.807) is 23.1 Å². The minimum absolute atomic E-state index is 0.138. The van der Waals surface area contributed by atoms with Gasteiger partial charge >= 0.3 is 0 Å². The van der Waals surface area contributed by atoms with Crippen molar-refractivity contribution in [2.45, 2.75) is 13.0 Å². The topological polar surface area (TPSA) is 104 Å². The van der Waals surface area contributed by atoms with Crippen LogP contribution in [0.2, 0.25) is 0 Å². The molecule has 0 radical (unpaired) electrons. The number of carbonyl (C=O) groups excluding carboxylic acids is 1. The molecule has 0 aliphatic carbocycles. The number of aromatic amines is 1. The first kappa shape index (κ1) is 19.7. The Bertz CT molecular complexity index is 1200. The van der Waals surface area contributed by atoms with Crippen molar-refractivity contribution in [2.75, 3.05) is 31.1 Å². The first-order chi connectivity index (χ1) is 14.4. The van der Waals surface area contributed by atoms with E-state index in [-0.39, 0.29) is 11.1 Å². The van der Waals surface area contributed by atoms with Gasteiger partial charge in [0.1, 0.15) is 0 Å². The smallest absolute Gasteiger partial charge is 0.279 e. The van der Waals surface area contributed by atoms with Gasteiger partial charge in [-0.3, -0.25) is 19.0 Å². The number of amides is 1. The van der Waals surface area contributed by atoms with Gasteiger partial charge in [0.15, 0.2) is 5.69 Å². The van der Waals surface area contributed by atoms with Crippen LogP contribution in [0.15, 0.2) is 46.5 Å². The van der Waals surface area contributed by atoms with Gasteiger partial charge < -0.3 is 14.8 Å². The maximum absolute atomic E-state index is 12.6. The molecule has 1 aliphatic heterocycles. The lowest BCUT2D eigenvalue weighted by atomic mass is 10.2. The van der Waals surface area contributed by atoms with Gasteiger partial charge in [0, 0.05) is 44.3 Å². The average Bonchev–Trinajstić information content (AvgIpc) is 2.75. The number of benzene rings is 1. The van der Waals surface area contributed by atoms with E-state index in [0.29, 0.717) is 31.7 Å². The summed E-state index contributed by atoms with van der Waals surface area (Å²) in [7, 11) is 0. The number of hydrogen-bond donors (Lipinski definition) is 1. The molecule has 2 aromatic heterocycles. The summed E-state index contributed by atoms with van der Waals surface area (Å²) in [6, 6.07) is 5.04. The molecule has 0 unspecified atom stereocenters.